The second-order valence-corrected chi connectivity index (χ2v) is 6.97. The van der Waals surface area contributed by atoms with E-state index in [0.717, 1.165) is 13.0 Å². The van der Waals surface area contributed by atoms with E-state index in [1.165, 1.54) is 21.6 Å². The highest BCUT2D eigenvalue weighted by Gasteiger charge is 2.14. The van der Waals surface area contributed by atoms with Gasteiger partial charge < -0.3 is 5.73 Å². The molecule has 0 saturated heterocycles. The molecule has 2 unspecified atom stereocenters. The van der Waals surface area contributed by atoms with E-state index < -0.39 is 0 Å². The number of hydrogen-bond donors (Lipinski definition) is 1. The molecule has 0 aliphatic heterocycles. The van der Waals surface area contributed by atoms with Crippen LogP contribution in [0.3, 0.4) is 0 Å². The molecule has 2 rings (SSSR count). The fourth-order valence-corrected chi connectivity index (χ4v) is 3.52. The van der Waals surface area contributed by atoms with Crippen molar-refractivity contribution in [1.82, 2.24) is 4.90 Å². The summed E-state index contributed by atoms with van der Waals surface area (Å²) < 4.78 is 0. The largest absolute Gasteiger partial charge is 0.324 e. The van der Waals surface area contributed by atoms with Crippen molar-refractivity contribution in [2.75, 3.05) is 13.6 Å². The minimum Gasteiger partial charge on any atom is -0.324 e. The quantitative estimate of drug-likeness (QED) is 0.854. The van der Waals surface area contributed by atoms with Crippen molar-refractivity contribution in [3.05, 3.63) is 57.3 Å². The van der Waals surface area contributed by atoms with Gasteiger partial charge in [0.05, 0.1) is 0 Å². The number of benzene rings is 1. The van der Waals surface area contributed by atoms with E-state index in [9.17, 15) is 0 Å². The molecule has 2 N–H and O–H groups in total. The van der Waals surface area contributed by atoms with E-state index in [2.05, 4.69) is 68.4 Å². The molecule has 1 aromatic heterocycles. The van der Waals surface area contributed by atoms with E-state index in [0.29, 0.717) is 6.04 Å². The van der Waals surface area contributed by atoms with Gasteiger partial charge in [-0.05, 0) is 51.2 Å². The molecular weight excluding hydrogens is 276 g/mol. The maximum atomic E-state index is 6.38. The number of nitrogens with two attached hydrogens (primary N) is 1. The zero-order chi connectivity index (χ0) is 15.4. The number of nitrogens with zero attached hydrogens (tertiary/aromatic N) is 1. The molecule has 0 bridgehead atoms. The zero-order valence-electron chi connectivity index (χ0n) is 13.5. The Kier molecular flexibility index (Phi) is 5.57. The van der Waals surface area contributed by atoms with Crippen LogP contribution in [0.25, 0.3) is 0 Å². The number of hydrogen-bond acceptors (Lipinski definition) is 3. The summed E-state index contributed by atoms with van der Waals surface area (Å²) in [6.45, 7) is 7.53. The van der Waals surface area contributed by atoms with Crippen molar-refractivity contribution in [2.45, 2.75) is 39.3 Å². The molecule has 114 valence electrons. The van der Waals surface area contributed by atoms with Crippen LogP contribution in [0, 0.1) is 13.8 Å². The summed E-state index contributed by atoms with van der Waals surface area (Å²) in [5, 5.41) is 2.14. The van der Waals surface area contributed by atoms with Crippen LogP contribution in [-0.2, 0) is 0 Å². The van der Waals surface area contributed by atoms with Gasteiger partial charge in [0.1, 0.15) is 0 Å². The predicted molar refractivity (Wildman–Crippen MR) is 92.8 cm³/mol. The van der Waals surface area contributed by atoms with E-state index in [-0.39, 0.29) is 6.04 Å². The first kappa shape index (κ1) is 16.2. The summed E-state index contributed by atoms with van der Waals surface area (Å²) in [6.07, 6.45) is 0.981. The van der Waals surface area contributed by atoms with Crippen LogP contribution in [0.2, 0.25) is 0 Å². The van der Waals surface area contributed by atoms with Crippen molar-refractivity contribution in [1.29, 1.82) is 0 Å². The van der Waals surface area contributed by atoms with E-state index in [1.54, 1.807) is 0 Å². The summed E-state index contributed by atoms with van der Waals surface area (Å²) in [5.74, 6) is 0. The average molecular weight is 302 g/mol. The van der Waals surface area contributed by atoms with E-state index in [4.69, 9.17) is 5.73 Å². The Balaban J connectivity index is 1.92. The molecule has 2 atom stereocenters. The van der Waals surface area contributed by atoms with Gasteiger partial charge in [-0.3, -0.25) is 4.90 Å². The molecule has 0 aliphatic rings. The Bertz CT molecular complexity index is 542. The highest BCUT2D eigenvalue weighted by molar-refractivity contribution is 7.10. The van der Waals surface area contributed by atoms with Gasteiger partial charge >= 0.3 is 0 Å². The molecule has 0 radical (unpaired) electrons. The van der Waals surface area contributed by atoms with Gasteiger partial charge in [0, 0.05) is 23.5 Å². The lowest BCUT2D eigenvalue weighted by molar-refractivity contribution is 0.254. The summed E-state index contributed by atoms with van der Waals surface area (Å²) >= 11 is 1.82. The van der Waals surface area contributed by atoms with Crippen molar-refractivity contribution >= 4 is 11.3 Å². The minimum atomic E-state index is 0.113. The topological polar surface area (TPSA) is 29.3 Å². The number of thiophene rings is 1. The maximum absolute atomic E-state index is 6.38. The fourth-order valence-electron chi connectivity index (χ4n) is 2.67. The van der Waals surface area contributed by atoms with E-state index in [1.807, 2.05) is 11.3 Å². The normalized spacial score (nSPS) is 14.4. The molecule has 2 nitrogen and oxygen atoms in total. The first-order valence-electron chi connectivity index (χ1n) is 7.55. The molecule has 1 heterocycles. The smallest absolute Gasteiger partial charge is 0.0410 e. The summed E-state index contributed by atoms with van der Waals surface area (Å²) in [5.41, 5.74) is 10.2. The molecular formula is C18H26N2S. The predicted octanol–water partition coefficient (Wildman–Crippen LogP) is 4.45. The molecule has 3 heteroatoms. The second kappa shape index (κ2) is 7.21. The molecule has 0 saturated carbocycles. The highest BCUT2D eigenvalue weighted by atomic mass is 32.1. The first-order chi connectivity index (χ1) is 9.97. The highest BCUT2D eigenvalue weighted by Crippen LogP contribution is 2.25. The molecule has 0 spiro atoms. The average Bonchev–Trinajstić information content (AvgIpc) is 2.96. The van der Waals surface area contributed by atoms with Crippen LogP contribution in [0.15, 0.2) is 35.7 Å². The monoisotopic (exact) mass is 302 g/mol. The van der Waals surface area contributed by atoms with Crippen molar-refractivity contribution in [2.24, 2.45) is 5.73 Å². The molecule has 0 fully saturated rings. The Labute approximate surface area is 132 Å². The maximum Gasteiger partial charge on any atom is 0.0410 e. The third kappa shape index (κ3) is 4.40. The lowest BCUT2D eigenvalue weighted by Crippen LogP contribution is -2.26. The molecule has 21 heavy (non-hydrogen) atoms. The van der Waals surface area contributed by atoms with Crippen LogP contribution in [0.4, 0.5) is 0 Å². The third-order valence-electron chi connectivity index (χ3n) is 4.08. The minimum absolute atomic E-state index is 0.113. The number of aryl methyl sites for hydroxylation is 2. The van der Waals surface area contributed by atoms with Gasteiger partial charge in [-0.2, -0.15) is 0 Å². The van der Waals surface area contributed by atoms with E-state index >= 15 is 0 Å². The van der Waals surface area contributed by atoms with Crippen LogP contribution in [0.1, 0.15) is 47.0 Å². The van der Waals surface area contributed by atoms with Gasteiger partial charge in [-0.25, -0.2) is 0 Å². The third-order valence-corrected chi connectivity index (χ3v) is 5.12. The van der Waals surface area contributed by atoms with Crippen LogP contribution in [0.5, 0.6) is 0 Å². The molecule has 2 aromatic rings. The fraction of sp³-hybridized carbons (Fsp3) is 0.444. The van der Waals surface area contributed by atoms with Gasteiger partial charge in [-0.15, -0.1) is 11.3 Å². The van der Waals surface area contributed by atoms with Crippen LogP contribution in [-0.4, -0.2) is 18.5 Å². The Morgan fingerprint density at radius 2 is 1.86 bits per heavy atom. The standard InChI is InChI=1S/C18H26N2S/c1-13-10-14(2)12-16(11-13)17(19)7-8-20(4)15(3)18-6-5-9-21-18/h5-6,9-12,15,17H,7-8,19H2,1-4H3. The van der Waals surface area contributed by atoms with Crippen molar-refractivity contribution in [3.8, 4) is 0 Å². The molecule has 0 aliphatic carbocycles. The molecule has 1 aromatic carbocycles. The summed E-state index contributed by atoms with van der Waals surface area (Å²) in [4.78, 5) is 3.80. The van der Waals surface area contributed by atoms with Crippen LogP contribution < -0.4 is 5.73 Å². The Morgan fingerprint density at radius 1 is 1.19 bits per heavy atom. The van der Waals surface area contributed by atoms with Crippen molar-refractivity contribution < 1.29 is 0 Å². The first-order valence-corrected chi connectivity index (χ1v) is 8.42. The van der Waals surface area contributed by atoms with Gasteiger partial charge in [0.25, 0.3) is 0 Å². The van der Waals surface area contributed by atoms with Gasteiger partial charge in [0.15, 0.2) is 0 Å². The summed E-state index contributed by atoms with van der Waals surface area (Å²) in [6, 6.07) is 11.5. The lowest BCUT2D eigenvalue weighted by Gasteiger charge is -2.25. The summed E-state index contributed by atoms with van der Waals surface area (Å²) in [7, 11) is 2.18. The Hall–Kier alpha value is -1.16. The van der Waals surface area contributed by atoms with Crippen molar-refractivity contribution in [3.63, 3.8) is 0 Å². The van der Waals surface area contributed by atoms with Crippen LogP contribution >= 0.6 is 11.3 Å². The van der Waals surface area contributed by atoms with Gasteiger partial charge in [0.2, 0.25) is 0 Å². The SMILES string of the molecule is Cc1cc(C)cc(C(N)CCN(C)C(C)c2cccs2)c1. The number of rotatable bonds is 6. The molecule has 0 amide bonds. The second-order valence-electron chi connectivity index (χ2n) is 5.99. The van der Waals surface area contributed by atoms with Gasteiger partial charge in [-0.1, -0.05) is 35.4 Å². The lowest BCUT2D eigenvalue weighted by atomic mass is 9.99. The zero-order valence-corrected chi connectivity index (χ0v) is 14.3. The Morgan fingerprint density at radius 3 is 2.43 bits per heavy atom.